The number of unbranched alkanes of at least 4 members (excludes halogenated alkanes) is 1. The van der Waals surface area contributed by atoms with E-state index in [1.807, 2.05) is 0 Å². The molecule has 3 nitrogen and oxygen atoms in total. The van der Waals surface area contributed by atoms with Gasteiger partial charge in [-0.25, -0.2) is 8.42 Å². The summed E-state index contributed by atoms with van der Waals surface area (Å²) >= 11 is 0. The molecular formula is C14H23NO2S. The van der Waals surface area contributed by atoms with Crippen LogP contribution >= 0.6 is 0 Å². The summed E-state index contributed by atoms with van der Waals surface area (Å²) in [6.45, 7) is 4.18. The summed E-state index contributed by atoms with van der Waals surface area (Å²) in [5.41, 5.74) is 6.16. The Balaban J connectivity index is 2.77. The van der Waals surface area contributed by atoms with E-state index in [0.29, 0.717) is 10.6 Å². The molecule has 1 aromatic rings. The third-order valence-corrected chi connectivity index (χ3v) is 5.14. The summed E-state index contributed by atoms with van der Waals surface area (Å²) in [4.78, 5) is 0.381. The van der Waals surface area contributed by atoms with Crippen LogP contribution in [0.2, 0.25) is 0 Å². The van der Waals surface area contributed by atoms with Gasteiger partial charge in [-0.2, -0.15) is 0 Å². The van der Waals surface area contributed by atoms with E-state index >= 15 is 0 Å². The van der Waals surface area contributed by atoms with Crippen molar-refractivity contribution >= 4 is 15.5 Å². The van der Waals surface area contributed by atoms with E-state index < -0.39 is 9.84 Å². The number of rotatable bonds is 7. The zero-order chi connectivity index (χ0) is 13.6. The second kappa shape index (κ2) is 6.78. The Bertz CT molecular complexity index is 451. The molecule has 4 heteroatoms. The monoisotopic (exact) mass is 269 g/mol. The molecule has 0 radical (unpaired) electrons. The Morgan fingerprint density at radius 2 is 1.78 bits per heavy atom. The zero-order valence-electron chi connectivity index (χ0n) is 11.2. The van der Waals surface area contributed by atoms with Gasteiger partial charge in [0.15, 0.2) is 9.84 Å². The topological polar surface area (TPSA) is 60.2 Å². The number of anilines is 1. The maximum Gasteiger partial charge on any atom is 0.178 e. The van der Waals surface area contributed by atoms with Crippen molar-refractivity contribution in [1.82, 2.24) is 0 Å². The van der Waals surface area contributed by atoms with Crippen LogP contribution in [0.3, 0.4) is 0 Å². The number of hydrogen-bond acceptors (Lipinski definition) is 3. The molecule has 0 amide bonds. The maximum absolute atomic E-state index is 12.2. The normalized spacial score (nSPS) is 13.4. The molecule has 1 rings (SSSR count). The second-order valence-electron chi connectivity index (χ2n) is 4.77. The first-order valence-corrected chi connectivity index (χ1v) is 8.23. The molecule has 0 bridgehead atoms. The summed E-state index contributed by atoms with van der Waals surface area (Å²) in [7, 11) is -3.17. The van der Waals surface area contributed by atoms with E-state index in [1.54, 1.807) is 24.3 Å². The summed E-state index contributed by atoms with van der Waals surface area (Å²) < 4.78 is 24.5. The van der Waals surface area contributed by atoms with Gasteiger partial charge in [0, 0.05) is 5.69 Å². The smallest absolute Gasteiger partial charge is 0.178 e. The van der Waals surface area contributed by atoms with E-state index in [9.17, 15) is 8.42 Å². The average molecular weight is 269 g/mol. The van der Waals surface area contributed by atoms with Crippen molar-refractivity contribution in [3.8, 4) is 0 Å². The van der Waals surface area contributed by atoms with Crippen LogP contribution in [-0.4, -0.2) is 14.2 Å². The zero-order valence-corrected chi connectivity index (χ0v) is 12.0. The van der Waals surface area contributed by atoms with Crippen molar-refractivity contribution < 1.29 is 8.42 Å². The molecule has 0 aromatic heterocycles. The highest BCUT2D eigenvalue weighted by atomic mass is 32.2. The Labute approximate surface area is 110 Å². The molecule has 0 heterocycles. The van der Waals surface area contributed by atoms with E-state index in [0.717, 1.165) is 25.7 Å². The number of nitrogen functional groups attached to an aromatic ring is 1. The molecule has 102 valence electrons. The van der Waals surface area contributed by atoms with Crippen molar-refractivity contribution in [3.63, 3.8) is 0 Å². The van der Waals surface area contributed by atoms with E-state index in [1.165, 1.54) is 0 Å². The second-order valence-corrected chi connectivity index (χ2v) is 6.80. The fourth-order valence-electron chi connectivity index (χ4n) is 1.98. The third kappa shape index (κ3) is 4.33. The van der Waals surface area contributed by atoms with Crippen LogP contribution in [0, 0.1) is 5.92 Å². The van der Waals surface area contributed by atoms with Gasteiger partial charge in [-0.1, -0.05) is 33.1 Å². The Morgan fingerprint density at radius 3 is 2.28 bits per heavy atom. The SMILES string of the molecule is CCCCC(CC)CS(=O)(=O)c1ccc(N)cc1. The van der Waals surface area contributed by atoms with Gasteiger partial charge in [-0.05, 0) is 36.6 Å². The first-order chi connectivity index (χ1) is 8.49. The van der Waals surface area contributed by atoms with Crippen molar-refractivity contribution in [2.24, 2.45) is 5.92 Å². The number of hydrogen-bond donors (Lipinski definition) is 1. The van der Waals surface area contributed by atoms with E-state index in [2.05, 4.69) is 13.8 Å². The van der Waals surface area contributed by atoms with E-state index in [4.69, 9.17) is 5.73 Å². The van der Waals surface area contributed by atoms with Crippen LogP contribution in [0.5, 0.6) is 0 Å². The fourth-order valence-corrected chi connectivity index (χ4v) is 3.75. The van der Waals surface area contributed by atoms with Gasteiger partial charge in [-0.15, -0.1) is 0 Å². The average Bonchev–Trinajstić information content (AvgIpc) is 2.35. The fraction of sp³-hybridized carbons (Fsp3) is 0.571. The van der Waals surface area contributed by atoms with Crippen molar-refractivity contribution in [3.05, 3.63) is 24.3 Å². The summed E-state index contributed by atoms with van der Waals surface area (Å²) in [6, 6.07) is 6.47. The Morgan fingerprint density at radius 1 is 1.17 bits per heavy atom. The van der Waals surface area contributed by atoms with Gasteiger partial charge >= 0.3 is 0 Å². The highest BCUT2D eigenvalue weighted by Crippen LogP contribution is 2.20. The molecule has 2 N–H and O–H groups in total. The molecule has 1 unspecified atom stereocenters. The molecular weight excluding hydrogens is 246 g/mol. The molecule has 18 heavy (non-hydrogen) atoms. The van der Waals surface area contributed by atoms with Gasteiger partial charge < -0.3 is 5.73 Å². The van der Waals surface area contributed by atoms with Crippen molar-refractivity contribution in [1.29, 1.82) is 0 Å². The first kappa shape index (κ1) is 15.0. The molecule has 0 aliphatic heterocycles. The van der Waals surface area contributed by atoms with Gasteiger partial charge in [0.2, 0.25) is 0 Å². The summed E-state index contributed by atoms with van der Waals surface area (Å²) in [5.74, 6) is 0.500. The van der Waals surface area contributed by atoms with Crippen molar-refractivity contribution in [2.45, 2.75) is 44.4 Å². The quantitative estimate of drug-likeness (QED) is 0.773. The molecule has 0 spiro atoms. The number of nitrogens with two attached hydrogens (primary N) is 1. The van der Waals surface area contributed by atoms with Crippen molar-refractivity contribution in [2.75, 3.05) is 11.5 Å². The van der Waals surface area contributed by atoms with Crippen LogP contribution in [0.1, 0.15) is 39.5 Å². The highest BCUT2D eigenvalue weighted by Gasteiger charge is 2.19. The lowest BCUT2D eigenvalue weighted by atomic mass is 10.0. The lowest BCUT2D eigenvalue weighted by Crippen LogP contribution is -2.16. The van der Waals surface area contributed by atoms with Gasteiger partial charge in [-0.3, -0.25) is 0 Å². The minimum Gasteiger partial charge on any atom is -0.399 e. The highest BCUT2D eigenvalue weighted by molar-refractivity contribution is 7.91. The van der Waals surface area contributed by atoms with Crippen LogP contribution in [0.4, 0.5) is 5.69 Å². The lowest BCUT2D eigenvalue weighted by molar-refractivity contribution is 0.483. The van der Waals surface area contributed by atoms with Crippen LogP contribution in [0.25, 0.3) is 0 Å². The largest absolute Gasteiger partial charge is 0.399 e. The molecule has 0 aliphatic carbocycles. The number of sulfone groups is 1. The minimum absolute atomic E-state index is 0.243. The predicted octanol–water partition coefficient (Wildman–Crippen LogP) is 3.26. The molecule has 1 aromatic carbocycles. The van der Waals surface area contributed by atoms with Gasteiger partial charge in [0.05, 0.1) is 10.6 Å². The third-order valence-electron chi connectivity index (χ3n) is 3.24. The van der Waals surface area contributed by atoms with Crippen LogP contribution in [-0.2, 0) is 9.84 Å². The predicted molar refractivity (Wildman–Crippen MR) is 76.2 cm³/mol. The molecule has 0 fully saturated rings. The van der Waals surface area contributed by atoms with Crippen LogP contribution < -0.4 is 5.73 Å². The Kier molecular flexibility index (Phi) is 5.66. The van der Waals surface area contributed by atoms with Gasteiger partial charge in [0.25, 0.3) is 0 Å². The number of benzene rings is 1. The van der Waals surface area contributed by atoms with Gasteiger partial charge in [0.1, 0.15) is 0 Å². The molecule has 0 saturated carbocycles. The van der Waals surface area contributed by atoms with E-state index in [-0.39, 0.29) is 11.7 Å². The summed E-state index contributed by atoms with van der Waals surface area (Å²) in [5, 5.41) is 0. The molecule has 0 saturated heterocycles. The van der Waals surface area contributed by atoms with Crippen LogP contribution in [0.15, 0.2) is 29.2 Å². The summed E-state index contributed by atoms with van der Waals surface area (Å²) in [6.07, 6.45) is 4.10. The standard InChI is InChI=1S/C14H23NO2S/c1-3-5-6-12(4-2)11-18(16,17)14-9-7-13(15)8-10-14/h7-10,12H,3-6,11,15H2,1-2H3. The Hall–Kier alpha value is -1.03. The lowest BCUT2D eigenvalue weighted by Gasteiger charge is -2.14. The molecule has 1 atom stereocenters. The maximum atomic E-state index is 12.2. The first-order valence-electron chi connectivity index (χ1n) is 6.58. The minimum atomic E-state index is -3.17. The molecule has 0 aliphatic rings.